The molecule has 1 unspecified atom stereocenters. The van der Waals surface area contributed by atoms with Crippen molar-refractivity contribution in [3.05, 3.63) is 23.9 Å². The highest BCUT2D eigenvalue weighted by atomic mass is 16.3. The molecule has 2 saturated heterocycles. The molecule has 7 nitrogen and oxygen atoms in total. The predicted octanol–water partition coefficient (Wildman–Crippen LogP) is 1.74. The van der Waals surface area contributed by atoms with Crippen LogP contribution in [0.4, 0.5) is 5.82 Å². The summed E-state index contributed by atoms with van der Waals surface area (Å²) in [6.45, 7) is 5.56. The van der Waals surface area contributed by atoms with Crippen LogP contribution in [0.15, 0.2) is 18.3 Å². The Morgan fingerprint density at radius 3 is 2.70 bits per heavy atom. The highest BCUT2D eigenvalue weighted by Gasteiger charge is 2.28. The van der Waals surface area contributed by atoms with Crippen LogP contribution in [-0.4, -0.2) is 70.5 Å². The quantitative estimate of drug-likeness (QED) is 0.759. The fourth-order valence-electron chi connectivity index (χ4n) is 3.70. The van der Waals surface area contributed by atoms with E-state index in [9.17, 15) is 14.7 Å². The van der Waals surface area contributed by atoms with Gasteiger partial charge in [-0.25, -0.2) is 4.98 Å². The van der Waals surface area contributed by atoms with Crippen molar-refractivity contribution in [2.24, 2.45) is 5.92 Å². The van der Waals surface area contributed by atoms with Gasteiger partial charge in [0.1, 0.15) is 5.82 Å². The Labute approximate surface area is 160 Å². The Bertz CT molecular complexity index is 641. The average Bonchev–Trinajstić information content (AvgIpc) is 3.11. The third-order valence-corrected chi connectivity index (χ3v) is 5.55. The molecule has 27 heavy (non-hydrogen) atoms. The van der Waals surface area contributed by atoms with E-state index in [1.807, 2.05) is 16.7 Å². The van der Waals surface area contributed by atoms with Gasteiger partial charge < -0.3 is 20.2 Å². The number of nitrogens with one attached hydrogen (secondary N) is 1. The zero-order chi connectivity index (χ0) is 19.2. The molecule has 2 aliphatic heterocycles. The zero-order valence-electron chi connectivity index (χ0n) is 16.1. The summed E-state index contributed by atoms with van der Waals surface area (Å²) in [5, 5.41) is 12.7. The number of anilines is 1. The molecule has 0 bridgehead atoms. The van der Waals surface area contributed by atoms with Crippen LogP contribution >= 0.6 is 0 Å². The lowest BCUT2D eigenvalue weighted by molar-refractivity contribution is -0.128. The van der Waals surface area contributed by atoms with Gasteiger partial charge in [0.05, 0.1) is 11.7 Å². The Balaban J connectivity index is 1.46. The number of likely N-dealkylation sites (tertiary alicyclic amines) is 2. The number of hydrogen-bond acceptors (Lipinski definition) is 5. The number of nitrogens with zero attached hydrogens (tertiary/aromatic N) is 3. The van der Waals surface area contributed by atoms with Crippen LogP contribution in [0.5, 0.6) is 0 Å². The van der Waals surface area contributed by atoms with E-state index in [1.54, 1.807) is 18.3 Å². The predicted molar refractivity (Wildman–Crippen MR) is 103 cm³/mol. The topological polar surface area (TPSA) is 85.8 Å². The van der Waals surface area contributed by atoms with Gasteiger partial charge in [0.15, 0.2) is 0 Å². The first-order valence-electron chi connectivity index (χ1n) is 10.0. The van der Waals surface area contributed by atoms with E-state index in [0.29, 0.717) is 36.7 Å². The Morgan fingerprint density at radius 1 is 1.33 bits per heavy atom. The normalized spacial score (nSPS) is 19.4. The largest absolute Gasteiger partial charge is 0.391 e. The molecular weight excluding hydrogens is 344 g/mol. The molecule has 0 aromatic carbocycles. The molecule has 1 atom stereocenters. The number of aliphatic hydroxyl groups excluding tert-OH is 1. The molecule has 0 spiro atoms. The second-order valence-electron chi connectivity index (χ2n) is 7.55. The summed E-state index contributed by atoms with van der Waals surface area (Å²) < 4.78 is 0. The van der Waals surface area contributed by atoms with Gasteiger partial charge in [-0.05, 0) is 43.7 Å². The van der Waals surface area contributed by atoms with Crippen LogP contribution in [0.1, 0.15) is 49.4 Å². The number of hydrogen-bond donors (Lipinski definition) is 2. The van der Waals surface area contributed by atoms with E-state index in [1.165, 1.54) is 0 Å². The van der Waals surface area contributed by atoms with Crippen molar-refractivity contribution >= 4 is 17.6 Å². The molecule has 1 aromatic heterocycles. The van der Waals surface area contributed by atoms with Gasteiger partial charge >= 0.3 is 0 Å². The molecule has 0 saturated carbocycles. The van der Waals surface area contributed by atoms with Crippen LogP contribution in [0.25, 0.3) is 0 Å². The van der Waals surface area contributed by atoms with Crippen LogP contribution in [0.2, 0.25) is 0 Å². The average molecular weight is 374 g/mol. The third kappa shape index (κ3) is 5.19. The Morgan fingerprint density at radius 2 is 2.11 bits per heavy atom. The molecule has 2 N–H and O–H groups in total. The minimum absolute atomic E-state index is 0.0124. The van der Waals surface area contributed by atoms with Crippen molar-refractivity contribution in [3.8, 4) is 0 Å². The van der Waals surface area contributed by atoms with Gasteiger partial charge in [-0.2, -0.15) is 0 Å². The Kier molecular flexibility index (Phi) is 6.66. The smallest absolute Gasteiger partial charge is 0.255 e. The lowest BCUT2D eigenvalue weighted by atomic mass is 9.96. The molecule has 2 aliphatic rings. The molecular formula is C20H30N4O3. The fourth-order valence-corrected chi connectivity index (χ4v) is 3.70. The highest BCUT2D eigenvalue weighted by molar-refractivity contribution is 5.94. The van der Waals surface area contributed by atoms with Gasteiger partial charge in [0.2, 0.25) is 5.91 Å². The first-order chi connectivity index (χ1) is 13.1. The van der Waals surface area contributed by atoms with Gasteiger partial charge in [-0.15, -0.1) is 0 Å². The lowest BCUT2D eigenvalue weighted by Crippen LogP contribution is -2.41. The summed E-state index contributed by atoms with van der Waals surface area (Å²) in [4.78, 5) is 32.6. The highest BCUT2D eigenvalue weighted by Crippen LogP contribution is 2.22. The number of carbonyl (C=O) groups is 2. The summed E-state index contributed by atoms with van der Waals surface area (Å²) >= 11 is 0. The summed E-state index contributed by atoms with van der Waals surface area (Å²) in [5.74, 6) is 1.44. The summed E-state index contributed by atoms with van der Waals surface area (Å²) in [7, 11) is 0. The van der Waals surface area contributed by atoms with Crippen molar-refractivity contribution in [1.29, 1.82) is 0 Å². The summed E-state index contributed by atoms with van der Waals surface area (Å²) in [6.07, 6.45) is 5.43. The summed E-state index contributed by atoms with van der Waals surface area (Å²) in [5.41, 5.74) is 0.588. The summed E-state index contributed by atoms with van der Waals surface area (Å²) in [6, 6.07) is 3.56. The van der Waals surface area contributed by atoms with Crippen LogP contribution in [0.3, 0.4) is 0 Å². The number of aliphatic hydroxyl groups is 1. The van der Waals surface area contributed by atoms with Crippen molar-refractivity contribution in [2.45, 2.75) is 45.1 Å². The second-order valence-corrected chi connectivity index (χ2v) is 7.55. The van der Waals surface area contributed by atoms with E-state index in [4.69, 9.17) is 0 Å². The van der Waals surface area contributed by atoms with Gasteiger partial charge in [-0.3, -0.25) is 9.59 Å². The molecule has 1 aromatic rings. The molecule has 7 heteroatoms. The maximum absolute atomic E-state index is 12.7. The van der Waals surface area contributed by atoms with Crippen LogP contribution in [0, 0.1) is 5.92 Å². The molecule has 2 amide bonds. The number of carbonyl (C=O) groups excluding carboxylic acids is 2. The van der Waals surface area contributed by atoms with Gasteiger partial charge in [-0.1, -0.05) is 6.92 Å². The minimum Gasteiger partial charge on any atom is -0.391 e. The molecule has 2 fully saturated rings. The number of pyridine rings is 1. The standard InChI is InChI=1S/C20H30N4O3/c1-2-17(25)13-22-18-6-5-16(12-21-18)20(27)23-10-7-15(8-11-23)14-24-9-3-4-19(24)26/h5-6,12,15,17,25H,2-4,7-11,13-14H2,1H3,(H,21,22). The maximum atomic E-state index is 12.7. The number of amides is 2. The molecule has 148 valence electrons. The van der Waals surface area contributed by atoms with E-state index >= 15 is 0 Å². The lowest BCUT2D eigenvalue weighted by Gasteiger charge is -2.34. The van der Waals surface area contributed by atoms with E-state index < -0.39 is 6.10 Å². The van der Waals surface area contributed by atoms with E-state index in [0.717, 1.165) is 45.4 Å². The monoisotopic (exact) mass is 374 g/mol. The van der Waals surface area contributed by atoms with Crippen molar-refractivity contribution in [2.75, 3.05) is 38.0 Å². The zero-order valence-corrected chi connectivity index (χ0v) is 16.1. The molecule has 0 radical (unpaired) electrons. The van der Waals surface area contributed by atoms with Gasteiger partial charge in [0, 0.05) is 45.3 Å². The maximum Gasteiger partial charge on any atom is 0.255 e. The molecule has 3 heterocycles. The molecule has 0 aliphatic carbocycles. The van der Waals surface area contributed by atoms with Gasteiger partial charge in [0.25, 0.3) is 5.91 Å². The first-order valence-corrected chi connectivity index (χ1v) is 10.0. The van der Waals surface area contributed by atoms with Crippen molar-refractivity contribution in [1.82, 2.24) is 14.8 Å². The van der Waals surface area contributed by atoms with Crippen LogP contribution < -0.4 is 5.32 Å². The number of rotatable bonds is 7. The Hall–Kier alpha value is -2.15. The minimum atomic E-state index is -0.398. The van der Waals surface area contributed by atoms with Crippen molar-refractivity contribution < 1.29 is 14.7 Å². The van der Waals surface area contributed by atoms with E-state index in [2.05, 4.69) is 10.3 Å². The van der Waals surface area contributed by atoms with Crippen molar-refractivity contribution in [3.63, 3.8) is 0 Å². The fraction of sp³-hybridized carbons (Fsp3) is 0.650. The van der Waals surface area contributed by atoms with Crippen LogP contribution in [-0.2, 0) is 4.79 Å². The van der Waals surface area contributed by atoms with E-state index in [-0.39, 0.29) is 11.8 Å². The SMILES string of the molecule is CCC(O)CNc1ccc(C(=O)N2CCC(CN3CCCC3=O)CC2)cn1. The number of piperidine rings is 1. The first kappa shape index (κ1) is 19.6. The molecule has 3 rings (SSSR count). The number of aromatic nitrogens is 1. The third-order valence-electron chi connectivity index (χ3n) is 5.55. The second kappa shape index (κ2) is 9.17.